The van der Waals surface area contributed by atoms with Crippen LogP contribution in [0.1, 0.15) is 19.8 Å². The number of rotatable bonds is 4. The number of carbonyl (C=O) groups is 1. The van der Waals surface area contributed by atoms with Gasteiger partial charge in [-0.15, -0.1) is 11.6 Å². The maximum absolute atomic E-state index is 11.9. The summed E-state index contributed by atoms with van der Waals surface area (Å²) in [6, 6.07) is 0.233. The zero-order valence-corrected chi connectivity index (χ0v) is 10.8. The number of alkyl halides is 1. The summed E-state index contributed by atoms with van der Waals surface area (Å²) in [5, 5.41) is 8.49. The van der Waals surface area contributed by atoms with Gasteiger partial charge in [0.05, 0.1) is 6.61 Å². The molecular weight excluding hydrogens is 228 g/mol. The number of amides is 1. The van der Waals surface area contributed by atoms with Crippen LogP contribution in [0, 0.1) is 0 Å². The van der Waals surface area contributed by atoms with Gasteiger partial charge in [-0.05, 0) is 39.9 Å². The number of carbonyl (C=O) groups excluding carboxylic acids is 1. The molecule has 1 aliphatic rings. The number of piperidine rings is 1. The van der Waals surface area contributed by atoms with Crippen LogP contribution in [0.5, 0.6) is 0 Å². The highest BCUT2D eigenvalue weighted by Gasteiger charge is 2.28. The molecule has 0 aliphatic carbocycles. The zero-order chi connectivity index (χ0) is 12.1. The lowest BCUT2D eigenvalue weighted by Gasteiger charge is -2.37. The first-order chi connectivity index (χ1) is 7.56. The summed E-state index contributed by atoms with van der Waals surface area (Å²) < 4.78 is 0. The van der Waals surface area contributed by atoms with Crippen molar-refractivity contribution in [2.45, 2.75) is 31.2 Å². The van der Waals surface area contributed by atoms with E-state index in [2.05, 4.69) is 11.9 Å². The highest BCUT2D eigenvalue weighted by atomic mass is 35.5. The fourth-order valence-corrected chi connectivity index (χ4v) is 2.24. The van der Waals surface area contributed by atoms with E-state index < -0.39 is 5.38 Å². The predicted octanol–water partition coefficient (Wildman–Crippen LogP) is 0.529. The smallest absolute Gasteiger partial charge is 0.240 e. The van der Waals surface area contributed by atoms with Crippen molar-refractivity contribution in [2.24, 2.45) is 0 Å². The maximum atomic E-state index is 11.9. The molecule has 16 heavy (non-hydrogen) atoms. The standard InChI is InChI=1S/C11H21ClN2O2/c1-9(12)11(16)14(7-8-15)10-3-5-13(2)6-4-10/h9-10,15H,3-8H2,1-2H3. The van der Waals surface area contributed by atoms with Crippen LogP contribution in [-0.2, 0) is 4.79 Å². The Morgan fingerprint density at radius 3 is 2.56 bits per heavy atom. The van der Waals surface area contributed by atoms with Gasteiger partial charge in [-0.2, -0.15) is 0 Å². The van der Waals surface area contributed by atoms with Crippen molar-refractivity contribution in [1.82, 2.24) is 9.80 Å². The third-order valence-corrected chi connectivity index (χ3v) is 3.28. The number of hydrogen-bond acceptors (Lipinski definition) is 3. The van der Waals surface area contributed by atoms with Gasteiger partial charge in [0.2, 0.25) is 5.91 Å². The Morgan fingerprint density at radius 1 is 1.56 bits per heavy atom. The lowest BCUT2D eigenvalue weighted by molar-refractivity contribution is -0.134. The molecule has 0 bridgehead atoms. The highest BCUT2D eigenvalue weighted by molar-refractivity contribution is 6.30. The second kappa shape index (κ2) is 6.42. The molecule has 1 heterocycles. The average Bonchev–Trinajstić information content (AvgIpc) is 2.26. The van der Waals surface area contributed by atoms with Crippen LogP contribution in [0.15, 0.2) is 0 Å². The molecule has 0 saturated carbocycles. The van der Waals surface area contributed by atoms with E-state index in [0.717, 1.165) is 25.9 Å². The van der Waals surface area contributed by atoms with E-state index >= 15 is 0 Å². The molecule has 1 amide bonds. The summed E-state index contributed by atoms with van der Waals surface area (Å²) in [5.74, 6) is -0.0646. The molecule has 0 aromatic heterocycles. The third kappa shape index (κ3) is 3.61. The molecule has 0 radical (unpaired) electrons. The molecule has 94 valence electrons. The van der Waals surface area contributed by atoms with E-state index in [1.54, 1.807) is 11.8 Å². The monoisotopic (exact) mass is 248 g/mol. The molecule has 1 unspecified atom stereocenters. The molecule has 0 spiro atoms. The fourth-order valence-electron chi connectivity index (χ4n) is 2.12. The topological polar surface area (TPSA) is 43.8 Å². The van der Waals surface area contributed by atoms with Crippen LogP contribution in [-0.4, -0.2) is 65.5 Å². The molecule has 1 fully saturated rings. The quantitative estimate of drug-likeness (QED) is 0.739. The van der Waals surface area contributed by atoms with E-state index in [1.807, 2.05) is 0 Å². The molecule has 5 heteroatoms. The number of halogens is 1. The van der Waals surface area contributed by atoms with Crippen molar-refractivity contribution in [3.63, 3.8) is 0 Å². The molecule has 0 aromatic rings. The van der Waals surface area contributed by atoms with Crippen molar-refractivity contribution >= 4 is 17.5 Å². The molecule has 1 atom stereocenters. The van der Waals surface area contributed by atoms with Gasteiger partial charge in [-0.25, -0.2) is 0 Å². The van der Waals surface area contributed by atoms with Gasteiger partial charge >= 0.3 is 0 Å². The van der Waals surface area contributed by atoms with Gasteiger partial charge in [0.25, 0.3) is 0 Å². The van der Waals surface area contributed by atoms with Crippen molar-refractivity contribution in [2.75, 3.05) is 33.3 Å². The lowest BCUT2D eigenvalue weighted by atomic mass is 10.0. The van der Waals surface area contributed by atoms with Crippen molar-refractivity contribution in [3.8, 4) is 0 Å². The van der Waals surface area contributed by atoms with Gasteiger partial charge in [-0.1, -0.05) is 0 Å². The van der Waals surface area contributed by atoms with Gasteiger partial charge < -0.3 is 14.9 Å². The summed E-state index contributed by atoms with van der Waals surface area (Å²) in [4.78, 5) is 15.9. The summed E-state index contributed by atoms with van der Waals surface area (Å²) in [7, 11) is 2.08. The maximum Gasteiger partial charge on any atom is 0.240 e. The van der Waals surface area contributed by atoms with E-state index in [4.69, 9.17) is 16.7 Å². The van der Waals surface area contributed by atoms with Crippen LogP contribution in [0.4, 0.5) is 0 Å². The van der Waals surface area contributed by atoms with Crippen LogP contribution >= 0.6 is 11.6 Å². The molecule has 4 nitrogen and oxygen atoms in total. The fraction of sp³-hybridized carbons (Fsp3) is 0.909. The minimum absolute atomic E-state index is 0.00167. The minimum Gasteiger partial charge on any atom is -0.395 e. The molecule has 1 aliphatic heterocycles. The Hall–Kier alpha value is -0.320. The van der Waals surface area contributed by atoms with Crippen LogP contribution in [0.25, 0.3) is 0 Å². The van der Waals surface area contributed by atoms with Crippen LogP contribution < -0.4 is 0 Å². The summed E-state index contributed by atoms with van der Waals surface area (Å²) >= 11 is 5.82. The Labute approximate surface area is 102 Å². The lowest BCUT2D eigenvalue weighted by Crippen LogP contribution is -2.49. The van der Waals surface area contributed by atoms with E-state index in [0.29, 0.717) is 6.54 Å². The molecule has 0 aromatic carbocycles. The average molecular weight is 249 g/mol. The van der Waals surface area contributed by atoms with Gasteiger partial charge in [-0.3, -0.25) is 4.79 Å². The predicted molar refractivity (Wildman–Crippen MR) is 64.6 cm³/mol. The summed E-state index contributed by atoms with van der Waals surface area (Å²) in [5.41, 5.74) is 0. The number of nitrogens with zero attached hydrogens (tertiary/aromatic N) is 2. The van der Waals surface area contributed by atoms with Gasteiger partial charge in [0.15, 0.2) is 0 Å². The first kappa shape index (κ1) is 13.7. The number of hydrogen-bond donors (Lipinski definition) is 1. The Kier molecular flexibility index (Phi) is 5.52. The van der Waals surface area contributed by atoms with E-state index in [-0.39, 0.29) is 18.6 Å². The Balaban J connectivity index is 2.59. The molecule has 1 saturated heterocycles. The molecule has 1 N–H and O–H groups in total. The minimum atomic E-state index is -0.508. The number of likely N-dealkylation sites (tertiary alicyclic amines) is 1. The third-order valence-electron chi connectivity index (χ3n) is 3.09. The van der Waals surface area contributed by atoms with Crippen molar-refractivity contribution < 1.29 is 9.90 Å². The summed E-state index contributed by atoms with van der Waals surface area (Å²) in [6.45, 7) is 4.07. The van der Waals surface area contributed by atoms with Crippen LogP contribution in [0.2, 0.25) is 0 Å². The Bertz CT molecular complexity index is 228. The highest BCUT2D eigenvalue weighted by Crippen LogP contribution is 2.17. The van der Waals surface area contributed by atoms with E-state index in [1.165, 1.54) is 0 Å². The van der Waals surface area contributed by atoms with Crippen LogP contribution in [0.3, 0.4) is 0 Å². The second-order valence-electron chi connectivity index (χ2n) is 4.41. The first-order valence-corrected chi connectivity index (χ1v) is 6.24. The summed E-state index contributed by atoms with van der Waals surface area (Å²) in [6.07, 6.45) is 1.93. The first-order valence-electron chi connectivity index (χ1n) is 5.80. The SMILES string of the molecule is CC(Cl)C(=O)N(CCO)C1CCN(C)CC1. The Morgan fingerprint density at radius 2 is 2.12 bits per heavy atom. The molecule has 1 rings (SSSR count). The van der Waals surface area contributed by atoms with Gasteiger partial charge in [0.1, 0.15) is 5.38 Å². The largest absolute Gasteiger partial charge is 0.395 e. The number of aliphatic hydroxyl groups excluding tert-OH is 1. The zero-order valence-electron chi connectivity index (χ0n) is 10.0. The van der Waals surface area contributed by atoms with Crippen molar-refractivity contribution in [3.05, 3.63) is 0 Å². The van der Waals surface area contributed by atoms with Gasteiger partial charge in [0, 0.05) is 12.6 Å². The number of aliphatic hydroxyl groups is 1. The van der Waals surface area contributed by atoms with Crippen molar-refractivity contribution in [1.29, 1.82) is 0 Å². The molecular formula is C11H21ClN2O2. The van der Waals surface area contributed by atoms with E-state index in [9.17, 15) is 4.79 Å². The normalized spacial score (nSPS) is 20.8. The second-order valence-corrected chi connectivity index (χ2v) is 5.06.